The number of carbonyl (C=O) groups is 3. The molecule has 2 aromatic rings. The van der Waals surface area contributed by atoms with Crippen LogP contribution in [0.5, 0.6) is 0 Å². The molecule has 2 rings (SSSR count). The Kier molecular flexibility index (Phi) is 7.74. The molecule has 0 aliphatic carbocycles. The molecule has 0 aliphatic rings. The topological polar surface area (TPSA) is 108 Å². The number of halogens is 4. The average molecular weight is 446 g/mol. The Morgan fingerprint density at radius 2 is 1.52 bits per heavy atom. The van der Waals surface area contributed by atoms with Crippen LogP contribution in [0, 0.1) is 11.6 Å². The van der Waals surface area contributed by atoms with Gasteiger partial charge in [-0.05, 0) is 24.3 Å². The molecule has 2 aromatic carbocycles. The van der Waals surface area contributed by atoms with Gasteiger partial charge in [-0.25, -0.2) is 18.4 Å². The molecule has 0 spiro atoms. The Morgan fingerprint density at radius 3 is 2.07 bits per heavy atom. The molecule has 0 aliphatic heterocycles. The predicted molar refractivity (Wildman–Crippen MR) is 102 cm³/mol. The third-order valence-corrected chi connectivity index (χ3v) is 4.38. The van der Waals surface area contributed by atoms with Crippen molar-refractivity contribution >= 4 is 41.1 Å². The normalized spacial score (nSPS) is 11.4. The van der Waals surface area contributed by atoms with Crippen molar-refractivity contribution < 1.29 is 28.3 Å². The molecular weight excluding hydrogens is 431 g/mol. The Morgan fingerprint density at radius 1 is 0.966 bits per heavy atom. The number of carboxylic acid groups (broad SMARTS) is 1. The number of urea groups is 1. The van der Waals surface area contributed by atoms with Crippen molar-refractivity contribution in [2.75, 3.05) is 6.54 Å². The number of hydrogen-bond donors (Lipinski definition) is 4. The van der Waals surface area contributed by atoms with Crippen LogP contribution in [0.3, 0.4) is 0 Å². The number of benzene rings is 2. The van der Waals surface area contributed by atoms with Gasteiger partial charge in [0.05, 0.1) is 28.7 Å². The molecule has 0 heterocycles. The predicted octanol–water partition coefficient (Wildman–Crippen LogP) is 2.95. The molecule has 0 radical (unpaired) electrons. The molecular formula is C18H15Cl2F2N3O4. The van der Waals surface area contributed by atoms with Crippen LogP contribution in [0.15, 0.2) is 36.4 Å². The lowest BCUT2D eigenvalue weighted by Gasteiger charge is -2.17. The first-order chi connectivity index (χ1) is 13.7. The summed E-state index contributed by atoms with van der Waals surface area (Å²) in [6, 6.07) is 5.19. The van der Waals surface area contributed by atoms with Crippen LogP contribution in [0.1, 0.15) is 15.9 Å². The minimum atomic E-state index is -1.51. The number of hydrogen-bond acceptors (Lipinski definition) is 3. The van der Waals surface area contributed by atoms with Crippen molar-refractivity contribution in [3.05, 3.63) is 69.2 Å². The Balaban J connectivity index is 1.94. The van der Waals surface area contributed by atoms with E-state index in [1.54, 1.807) is 0 Å². The molecule has 0 bridgehead atoms. The number of carboxylic acids is 1. The lowest BCUT2D eigenvalue weighted by molar-refractivity contribution is -0.139. The SMILES string of the molecule is O=C(NCc1c(F)cccc1F)NC[C@H](NC(=O)c1c(Cl)cccc1Cl)C(=O)O. The third kappa shape index (κ3) is 6.03. The number of nitrogens with one attached hydrogen (secondary N) is 3. The quantitative estimate of drug-likeness (QED) is 0.525. The van der Waals surface area contributed by atoms with Crippen LogP contribution in [0.25, 0.3) is 0 Å². The molecule has 1 atom stereocenters. The highest BCUT2D eigenvalue weighted by Crippen LogP contribution is 2.24. The van der Waals surface area contributed by atoms with Gasteiger partial charge in [0, 0.05) is 5.56 Å². The van der Waals surface area contributed by atoms with Crippen LogP contribution in [0.2, 0.25) is 10.0 Å². The molecule has 0 saturated heterocycles. The monoisotopic (exact) mass is 445 g/mol. The van der Waals surface area contributed by atoms with Crippen molar-refractivity contribution in [3.8, 4) is 0 Å². The van der Waals surface area contributed by atoms with Crippen molar-refractivity contribution in [2.24, 2.45) is 0 Å². The Labute approximate surface area is 174 Å². The minimum Gasteiger partial charge on any atom is -0.480 e. The minimum absolute atomic E-state index is 0.0248. The van der Waals surface area contributed by atoms with Gasteiger partial charge >= 0.3 is 12.0 Å². The Hall–Kier alpha value is -2.91. The zero-order valence-electron chi connectivity index (χ0n) is 14.6. The lowest BCUT2D eigenvalue weighted by Crippen LogP contribution is -2.50. The van der Waals surface area contributed by atoms with E-state index in [0.717, 1.165) is 12.1 Å². The summed E-state index contributed by atoms with van der Waals surface area (Å²) in [6.45, 7) is -0.960. The van der Waals surface area contributed by atoms with Crippen LogP contribution in [-0.2, 0) is 11.3 Å². The summed E-state index contributed by atoms with van der Waals surface area (Å²) in [6.07, 6.45) is 0. The van der Waals surface area contributed by atoms with E-state index < -0.39 is 48.7 Å². The van der Waals surface area contributed by atoms with E-state index in [1.807, 2.05) is 0 Å². The Bertz CT molecular complexity index is 903. The summed E-state index contributed by atoms with van der Waals surface area (Å²) in [7, 11) is 0. The van der Waals surface area contributed by atoms with Gasteiger partial charge in [-0.2, -0.15) is 0 Å². The zero-order chi connectivity index (χ0) is 21.6. The summed E-state index contributed by atoms with van der Waals surface area (Å²) in [4.78, 5) is 35.5. The number of amides is 3. The number of carbonyl (C=O) groups excluding carboxylic acids is 2. The zero-order valence-corrected chi connectivity index (χ0v) is 16.2. The maximum Gasteiger partial charge on any atom is 0.328 e. The molecule has 154 valence electrons. The fraction of sp³-hybridized carbons (Fsp3) is 0.167. The summed E-state index contributed by atoms with van der Waals surface area (Å²) in [5.74, 6) is -3.94. The van der Waals surface area contributed by atoms with E-state index in [4.69, 9.17) is 23.2 Å². The van der Waals surface area contributed by atoms with E-state index in [-0.39, 0.29) is 21.2 Å². The van der Waals surface area contributed by atoms with Gasteiger partial charge in [-0.15, -0.1) is 0 Å². The molecule has 4 N–H and O–H groups in total. The molecule has 0 unspecified atom stereocenters. The number of rotatable bonds is 7. The van der Waals surface area contributed by atoms with E-state index in [2.05, 4.69) is 16.0 Å². The van der Waals surface area contributed by atoms with E-state index >= 15 is 0 Å². The molecule has 7 nitrogen and oxygen atoms in total. The van der Waals surface area contributed by atoms with Crippen LogP contribution >= 0.6 is 23.2 Å². The summed E-state index contributed by atoms with van der Waals surface area (Å²) in [5, 5.41) is 15.9. The molecule has 11 heteroatoms. The highest BCUT2D eigenvalue weighted by molar-refractivity contribution is 6.39. The summed E-state index contributed by atoms with van der Waals surface area (Å²) >= 11 is 11.8. The first-order valence-electron chi connectivity index (χ1n) is 8.13. The smallest absolute Gasteiger partial charge is 0.328 e. The van der Waals surface area contributed by atoms with Gasteiger partial charge in [0.1, 0.15) is 17.7 Å². The van der Waals surface area contributed by atoms with Gasteiger partial charge in [-0.3, -0.25) is 4.79 Å². The van der Waals surface area contributed by atoms with E-state index in [1.165, 1.54) is 24.3 Å². The van der Waals surface area contributed by atoms with Crippen LogP contribution in [-0.4, -0.2) is 35.6 Å². The maximum absolute atomic E-state index is 13.5. The molecule has 29 heavy (non-hydrogen) atoms. The van der Waals surface area contributed by atoms with Crippen molar-refractivity contribution in [1.82, 2.24) is 16.0 Å². The second-order valence-electron chi connectivity index (χ2n) is 5.72. The van der Waals surface area contributed by atoms with Crippen molar-refractivity contribution in [2.45, 2.75) is 12.6 Å². The largest absolute Gasteiger partial charge is 0.480 e. The van der Waals surface area contributed by atoms with Gasteiger partial charge in [0.2, 0.25) is 0 Å². The maximum atomic E-state index is 13.5. The van der Waals surface area contributed by atoms with E-state index in [0.29, 0.717) is 0 Å². The second kappa shape index (κ2) is 10.0. The highest BCUT2D eigenvalue weighted by atomic mass is 35.5. The molecule has 0 aromatic heterocycles. The molecule has 3 amide bonds. The van der Waals surface area contributed by atoms with Gasteiger partial charge in [-0.1, -0.05) is 35.3 Å². The number of aliphatic carboxylic acids is 1. The van der Waals surface area contributed by atoms with Gasteiger partial charge in [0.15, 0.2) is 0 Å². The summed E-state index contributed by atoms with van der Waals surface area (Å²) < 4.78 is 27.1. The van der Waals surface area contributed by atoms with E-state index in [9.17, 15) is 28.3 Å². The second-order valence-corrected chi connectivity index (χ2v) is 6.54. The van der Waals surface area contributed by atoms with Gasteiger partial charge in [0.25, 0.3) is 5.91 Å². The fourth-order valence-corrected chi connectivity index (χ4v) is 2.84. The first kappa shape index (κ1) is 22.4. The third-order valence-electron chi connectivity index (χ3n) is 3.75. The molecule has 0 saturated carbocycles. The standard InChI is InChI=1S/C18H15Cl2F2N3O4/c19-10-3-1-4-11(20)15(10)16(26)25-14(17(27)28)8-24-18(29)23-7-9-12(21)5-2-6-13(9)22/h1-6,14H,7-8H2,(H,25,26)(H,27,28)(H2,23,24,29)/t14-/m0/s1. The fourth-order valence-electron chi connectivity index (χ4n) is 2.27. The van der Waals surface area contributed by atoms with Crippen molar-refractivity contribution in [3.63, 3.8) is 0 Å². The van der Waals surface area contributed by atoms with Gasteiger partial charge < -0.3 is 21.1 Å². The highest BCUT2D eigenvalue weighted by Gasteiger charge is 2.24. The first-order valence-corrected chi connectivity index (χ1v) is 8.88. The molecule has 0 fully saturated rings. The van der Waals surface area contributed by atoms with Crippen LogP contribution < -0.4 is 16.0 Å². The van der Waals surface area contributed by atoms with Crippen LogP contribution in [0.4, 0.5) is 13.6 Å². The summed E-state index contributed by atoms with van der Waals surface area (Å²) in [5.41, 5.74) is -0.458. The van der Waals surface area contributed by atoms with Crippen molar-refractivity contribution in [1.29, 1.82) is 0 Å². The lowest BCUT2D eigenvalue weighted by atomic mass is 10.2. The average Bonchev–Trinajstić information content (AvgIpc) is 2.64.